The van der Waals surface area contributed by atoms with Crippen molar-refractivity contribution < 1.29 is 17.9 Å². The van der Waals surface area contributed by atoms with Gasteiger partial charge in [0, 0.05) is 0 Å². The maximum Gasteiger partial charge on any atom is 0.338 e. The van der Waals surface area contributed by atoms with Gasteiger partial charge in [-0.25, -0.2) is 13.2 Å². The number of hydrogen-bond donors (Lipinski definition) is 0. The first-order valence-corrected chi connectivity index (χ1v) is 6.98. The smallest absolute Gasteiger partial charge is 0.338 e. The summed E-state index contributed by atoms with van der Waals surface area (Å²) >= 11 is 0. The van der Waals surface area contributed by atoms with Gasteiger partial charge in [0.25, 0.3) is 0 Å². The van der Waals surface area contributed by atoms with Crippen LogP contribution in [0.1, 0.15) is 29.8 Å². The summed E-state index contributed by atoms with van der Waals surface area (Å²) in [7, 11) is -1.95. The molecule has 0 aliphatic carbocycles. The van der Waals surface area contributed by atoms with Gasteiger partial charge < -0.3 is 4.74 Å². The molecule has 0 N–H and O–H groups in total. The number of rotatable bonds is 4. The van der Waals surface area contributed by atoms with Gasteiger partial charge in [-0.05, 0) is 25.5 Å². The molecule has 0 saturated heterocycles. The first-order chi connectivity index (χ1) is 7.88. The second kappa shape index (κ2) is 5.31. The van der Waals surface area contributed by atoms with E-state index in [2.05, 4.69) is 4.74 Å². The standard InChI is InChI=1S/C12H16O4S/c1-9(2)17(14,15)8-10-6-4-5-7-11(10)12(13)16-3/h4-7,9H,8H2,1-3H3. The van der Waals surface area contributed by atoms with Crippen molar-refractivity contribution in [2.24, 2.45) is 0 Å². The molecule has 0 spiro atoms. The van der Waals surface area contributed by atoms with E-state index in [9.17, 15) is 13.2 Å². The lowest BCUT2D eigenvalue weighted by atomic mass is 10.1. The zero-order valence-electron chi connectivity index (χ0n) is 10.1. The summed E-state index contributed by atoms with van der Waals surface area (Å²) in [6.07, 6.45) is 0. The Bertz CT molecular complexity index is 503. The van der Waals surface area contributed by atoms with Crippen molar-refractivity contribution in [2.45, 2.75) is 24.9 Å². The molecule has 0 amide bonds. The quantitative estimate of drug-likeness (QED) is 0.771. The van der Waals surface area contributed by atoms with E-state index in [0.29, 0.717) is 11.1 Å². The van der Waals surface area contributed by atoms with Crippen LogP contribution < -0.4 is 0 Å². The maximum absolute atomic E-state index is 11.8. The van der Waals surface area contributed by atoms with Gasteiger partial charge in [0.15, 0.2) is 9.84 Å². The molecule has 0 saturated carbocycles. The Morgan fingerprint density at radius 1 is 1.29 bits per heavy atom. The first-order valence-electron chi connectivity index (χ1n) is 5.26. The molecule has 1 rings (SSSR count). The second-order valence-corrected chi connectivity index (χ2v) is 6.56. The van der Waals surface area contributed by atoms with Crippen LogP contribution in [-0.2, 0) is 20.3 Å². The Morgan fingerprint density at radius 3 is 2.41 bits per heavy atom. The van der Waals surface area contributed by atoms with Crippen LogP contribution in [0.2, 0.25) is 0 Å². The Morgan fingerprint density at radius 2 is 1.88 bits per heavy atom. The zero-order chi connectivity index (χ0) is 13.1. The third kappa shape index (κ3) is 3.30. The van der Waals surface area contributed by atoms with Crippen molar-refractivity contribution in [2.75, 3.05) is 7.11 Å². The molecule has 1 aromatic carbocycles. The topological polar surface area (TPSA) is 60.4 Å². The van der Waals surface area contributed by atoms with Crippen molar-refractivity contribution in [3.63, 3.8) is 0 Å². The van der Waals surface area contributed by atoms with Gasteiger partial charge >= 0.3 is 5.97 Å². The molecule has 0 heterocycles. The fourth-order valence-corrected chi connectivity index (χ4v) is 2.36. The molecule has 1 aromatic rings. The minimum Gasteiger partial charge on any atom is -0.465 e. The highest BCUT2D eigenvalue weighted by molar-refractivity contribution is 7.91. The average molecular weight is 256 g/mol. The van der Waals surface area contributed by atoms with Crippen LogP contribution in [0.5, 0.6) is 0 Å². The molecule has 0 fully saturated rings. The molecule has 4 nitrogen and oxygen atoms in total. The number of sulfone groups is 1. The van der Waals surface area contributed by atoms with Crippen molar-refractivity contribution in [3.8, 4) is 0 Å². The number of ether oxygens (including phenoxy) is 1. The van der Waals surface area contributed by atoms with Gasteiger partial charge in [0.05, 0.1) is 23.7 Å². The molecule has 0 unspecified atom stereocenters. The average Bonchev–Trinajstić information content (AvgIpc) is 2.28. The van der Waals surface area contributed by atoms with Crippen LogP contribution in [0.3, 0.4) is 0 Å². The summed E-state index contributed by atoms with van der Waals surface area (Å²) in [6.45, 7) is 3.24. The highest BCUT2D eigenvalue weighted by Gasteiger charge is 2.20. The number of methoxy groups -OCH3 is 1. The Balaban J connectivity index is 3.12. The van der Waals surface area contributed by atoms with Crippen molar-refractivity contribution in [1.29, 1.82) is 0 Å². The Kier molecular flexibility index (Phi) is 4.28. The van der Waals surface area contributed by atoms with E-state index in [-0.39, 0.29) is 5.75 Å². The summed E-state index contributed by atoms with van der Waals surface area (Å²) < 4.78 is 28.2. The zero-order valence-corrected chi connectivity index (χ0v) is 11.0. The lowest BCUT2D eigenvalue weighted by molar-refractivity contribution is 0.0600. The summed E-state index contributed by atoms with van der Waals surface area (Å²) in [5.41, 5.74) is 0.785. The van der Waals surface area contributed by atoms with E-state index in [1.807, 2.05) is 0 Å². The van der Waals surface area contributed by atoms with Gasteiger partial charge in [-0.15, -0.1) is 0 Å². The molecule has 0 aliphatic rings. The largest absolute Gasteiger partial charge is 0.465 e. The molecule has 0 aliphatic heterocycles. The number of esters is 1. The number of carbonyl (C=O) groups is 1. The maximum atomic E-state index is 11.8. The Labute approximate surface area is 102 Å². The van der Waals surface area contributed by atoms with Crippen LogP contribution in [0, 0.1) is 0 Å². The fraction of sp³-hybridized carbons (Fsp3) is 0.417. The summed E-state index contributed by atoms with van der Waals surface area (Å²) in [5, 5.41) is -0.465. The van der Waals surface area contributed by atoms with E-state index in [1.165, 1.54) is 7.11 Å². The van der Waals surface area contributed by atoms with Gasteiger partial charge in [0.1, 0.15) is 0 Å². The molecule has 0 radical (unpaired) electrons. The molecular formula is C12H16O4S. The normalized spacial score (nSPS) is 11.5. The molecule has 0 aromatic heterocycles. The van der Waals surface area contributed by atoms with Crippen LogP contribution >= 0.6 is 0 Å². The van der Waals surface area contributed by atoms with Crippen molar-refractivity contribution in [3.05, 3.63) is 35.4 Å². The molecular weight excluding hydrogens is 240 g/mol. The van der Waals surface area contributed by atoms with Crippen LogP contribution in [0.25, 0.3) is 0 Å². The number of benzene rings is 1. The predicted molar refractivity (Wildman–Crippen MR) is 65.5 cm³/mol. The van der Waals surface area contributed by atoms with Gasteiger partial charge in [0.2, 0.25) is 0 Å². The third-order valence-electron chi connectivity index (χ3n) is 2.50. The summed E-state index contributed by atoms with van der Waals surface area (Å²) in [5.74, 6) is -0.657. The second-order valence-electron chi connectivity index (χ2n) is 4.00. The van der Waals surface area contributed by atoms with Crippen LogP contribution in [0.15, 0.2) is 24.3 Å². The summed E-state index contributed by atoms with van der Waals surface area (Å²) in [4.78, 5) is 11.5. The number of hydrogen-bond acceptors (Lipinski definition) is 4. The van der Waals surface area contributed by atoms with Gasteiger partial charge in [-0.2, -0.15) is 0 Å². The van der Waals surface area contributed by atoms with Gasteiger partial charge in [-0.1, -0.05) is 18.2 Å². The highest BCUT2D eigenvalue weighted by atomic mass is 32.2. The molecule has 17 heavy (non-hydrogen) atoms. The van der Waals surface area contributed by atoms with E-state index in [0.717, 1.165) is 0 Å². The van der Waals surface area contributed by atoms with Crippen molar-refractivity contribution >= 4 is 15.8 Å². The van der Waals surface area contributed by atoms with E-state index in [4.69, 9.17) is 0 Å². The molecule has 0 atom stereocenters. The van der Waals surface area contributed by atoms with E-state index in [1.54, 1.807) is 38.1 Å². The third-order valence-corrected chi connectivity index (χ3v) is 4.65. The van der Waals surface area contributed by atoms with E-state index >= 15 is 0 Å². The van der Waals surface area contributed by atoms with Gasteiger partial charge in [-0.3, -0.25) is 0 Å². The molecule has 94 valence electrons. The predicted octanol–water partition coefficient (Wildman–Crippen LogP) is 1.80. The minimum absolute atomic E-state index is 0.143. The molecule has 0 bridgehead atoms. The SMILES string of the molecule is COC(=O)c1ccccc1CS(=O)(=O)C(C)C. The molecule has 5 heteroatoms. The van der Waals surface area contributed by atoms with Crippen molar-refractivity contribution in [1.82, 2.24) is 0 Å². The monoisotopic (exact) mass is 256 g/mol. The van der Waals surface area contributed by atoms with E-state index < -0.39 is 21.1 Å². The highest BCUT2D eigenvalue weighted by Crippen LogP contribution is 2.16. The minimum atomic E-state index is -3.22. The Hall–Kier alpha value is -1.36. The lowest BCUT2D eigenvalue weighted by Gasteiger charge is -2.10. The first kappa shape index (κ1) is 13.7. The lowest BCUT2D eigenvalue weighted by Crippen LogP contribution is -2.18. The number of carbonyl (C=O) groups excluding carboxylic acids is 1. The van der Waals surface area contributed by atoms with Crippen LogP contribution in [0.4, 0.5) is 0 Å². The van der Waals surface area contributed by atoms with Crippen LogP contribution in [-0.4, -0.2) is 26.7 Å². The summed E-state index contributed by atoms with van der Waals surface area (Å²) in [6, 6.07) is 6.58. The fourth-order valence-electron chi connectivity index (χ4n) is 1.34.